The lowest BCUT2D eigenvalue weighted by Gasteiger charge is -2.35. The maximum absolute atomic E-state index is 12.0. The number of benzene rings is 2. The summed E-state index contributed by atoms with van der Waals surface area (Å²) >= 11 is 0. The van der Waals surface area contributed by atoms with E-state index in [-0.39, 0.29) is 5.56 Å². The van der Waals surface area contributed by atoms with Crippen molar-refractivity contribution >= 4 is 10.9 Å². The summed E-state index contributed by atoms with van der Waals surface area (Å²) in [7, 11) is 0. The lowest BCUT2D eigenvalue weighted by molar-refractivity contribution is 0.165. The zero-order valence-corrected chi connectivity index (χ0v) is 16.9. The van der Waals surface area contributed by atoms with Crippen LogP contribution in [0.15, 0.2) is 59.4 Å². The number of pyridine rings is 1. The first kappa shape index (κ1) is 18.9. The number of aryl methyl sites for hydroxylation is 1. The van der Waals surface area contributed by atoms with Crippen LogP contribution in [0.1, 0.15) is 49.3 Å². The number of rotatable bonds is 5. The Morgan fingerprint density at radius 1 is 1.07 bits per heavy atom. The predicted octanol–water partition coefficient (Wildman–Crippen LogP) is 5.11. The van der Waals surface area contributed by atoms with Gasteiger partial charge in [0.2, 0.25) is 0 Å². The number of nitrogens with zero attached hydrogens (tertiary/aromatic N) is 1. The lowest BCUT2D eigenvalue weighted by atomic mass is 9.81. The zero-order valence-electron chi connectivity index (χ0n) is 16.9. The molecule has 146 valence electrons. The fraction of sp³-hybridized carbons (Fsp3) is 0.400. The summed E-state index contributed by atoms with van der Waals surface area (Å²) in [4.78, 5) is 17.6. The maximum Gasteiger partial charge on any atom is 0.251 e. The standard InChI is InChI=1S/C25H30N2O/c1-3-20-15-23-16-22(9-10-24(23)26-25(20)28)18(2)21-11-13-27(14-12-21)17-19-7-5-4-6-8-19/h4-10,15-16,18,21H,3,11-14,17H2,1-2H3,(H,26,28). The SMILES string of the molecule is CCc1cc2cc(C(C)C3CCN(Cc4ccccc4)CC3)ccc2[nH]c1=O. The third-order valence-electron chi connectivity index (χ3n) is 6.44. The molecule has 1 aliphatic rings. The smallest absolute Gasteiger partial charge is 0.251 e. The van der Waals surface area contributed by atoms with Crippen molar-refractivity contribution in [2.24, 2.45) is 5.92 Å². The largest absolute Gasteiger partial charge is 0.322 e. The fourth-order valence-electron chi connectivity index (χ4n) is 4.54. The summed E-state index contributed by atoms with van der Waals surface area (Å²) in [5.41, 5.74) is 4.65. The molecule has 0 spiro atoms. The van der Waals surface area contributed by atoms with Crippen LogP contribution >= 0.6 is 0 Å². The Bertz CT molecular complexity index is 984. The van der Waals surface area contributed by atoms with Gasteiger partial charge in [-0.3, -0.25) is 9.69 Å². The second-order valence-electron chi connectivity index (χ2n) is 8.21. The minimum absolute atomic E-state index is 0.0431. The number of nitrogens with one attached hydrogen (secondary N) is 1. The highest BCUT2D eigenvalue weighted by atomic mass is 16.1. The summed E-state index contributed by atoms with van der Waals surface area (Å²) in [6.07, 6.45) is 3.26. The van der Waals surface area contributed by atoms with Gasteiger partial charge in [0.25, 0.3) is 5.56 Å². The normalized spacial score (nSPS) is 17.1. The van der Waals surface area contributed by atoms with Gasteiger partial charge >= 0.3 is 0 Å². The molecule has 2 heterocycles. The molecule has 4 rings (SSSR count). The molecule has 1 aromatic heterocycles. The Morgan fingerprint density at radius 3 is 2.54 bits per heavy atom. The summed E-state index contributed by atoms with van der Waals surface area (Å²) < 4.78 is 0. The highest BCUT2D eigenvalue weighted by Gasteiger charge is 2.25. The molecule has 0 saturated carbocycles. The van der Waals surface area contributed by atoms with E-state index >= 15 is 0 Å². The Balaban J connectivity index is 1.44. The monoisotopic (exact) mass is 374 g/mol. The van der Waals surface area contributed by atoms with Crippen LogP contribution in [0, 0.1) is 5.92 Å². The number of aromatic amines is 1. The van der Waals surface area contributed by atoms with Gasteiger partial charge < -0.3 is 4.98 Å². The molecule has 0 bridgehead atoms. The minimum atomic E-state index is 0.0431. The molecule has 1 atom stereocenters. The lowest BCUT2D eigenvalue weighted by Crippen LogP contribution is -2.34. The van der Waals surface area contributed by atoms with Gasteiger partial charge in [-0.2, -0.15) is 0 Å². The number of hydrogen-bond acceptors (Lipinski definition) is 2. The van der Waals surface area contributed by atoms with Gasteiger partial charge in [0.15, 0.2) is 0 Å². The van der Waals surface area contributed by atoms with Gasteiger partial charge in [-0.1, -0.05) is 50.2 Å². The van der Waals surface area contributed by atoms with Crippen LogP contribution < -0.4 is 5.56 Å². The van der Waals surface area contributed by atoms with E-state index in [1.807, 2.05) is 6.92 Å². The van der Waals surface area contributed by atoms with Gasteiger partial charge in [0.1, 0.15) is 0 Å². The number of piperidine rings is 1. The molecule has 3 aromatic rings. The second kappa shape index (κ2) is 8.32. The van der Waals surface area contributed by atoms with Crippen LogP contribution in [-0.4, -0.2) is 23.0 Å². The van der Waals surface area contributed by atoms with Gasteiger partial charge in [-0.05, 0) is 78.9 Å². The molecule has 1 fully saturated rings. The number of H-pyrrole nitrogens is 1. The average molecular weight is 375 g/mol. The van der Waals surface area contributed by atoms with Crippen LogP contribution in [0.25, 0.3) is 10.9 Å². The van der Waals surface area contributed by atoms with E-state index < -0.39 is 0 Å². The van der Waals surface area contributed by atoms with Crippen molar-refractivity contribution in [3.63, 3.8) is 0 Å². The van der Waals surface area contributed by atoms with E-state index in [0.717, 1.165) is 35.3 Å². The van der Waals surface area contributed by atoms with Crippen molar-refractivity contribution in [3.8, 4) is 0 Å². The van der Waals surface area contributed by atoms with Gasteiger partial charge in [0.05, 0.1) is 0 Å². The third kappa shape index (κ3) is 4.05. The Kier molecular flexibility index (Phi) is 5.63. The van der Waals surface area contributed by atoms with Crippen LogP contribution in [-0.2, 0) is 13.0 Å². The topological polar surface area (TPSA) is 36.1 Å². The van der Waals surface area contributed by atoms with E-state index in [2.05, 4.69) is 71.4 Å². The van der Waals surface area contributed by atoms with Crippen molar-refractivity contribution in [1.82, 2.24) is 9.88 Å². The molecular formula is C25H30N2O. The first-order chi connectivity index (χ1) is 13.6. The van der Waals surface area contributed by atoms with Gasteiger partial charge in [-0.15, -0.1) is 0 Å². The number of fused-ring (bicyclic) bond motifs is 1. The Hall–Kier alpha value is -2.39. The highest BCUT2D eigenvalue weighted by Crippen LogP contribution is 2.33. The molecule has 0 radical (unpaired) electrons. The molecule has 2 aromatic carbocycles. The fourth-order valence-corrected chi connectivity index (χ4v) is 4.54. The van der Waals surface area contributed by atoms with E-state index in [0.29, 0.717) is 5.92 Å². The second-order valence-corrected chi connectivity index (χ2v) is 8.21. The molecule has 1 saturated heterocycles. The molecule has 1 aliphatic heterocycles. The summed E-state index contributed by atoms with van der Waals surface area (Å²) in [5.74, 6) is 1.26. The Morgan fingerprint density at radius 2 is 1.82 bits per heavy atom. The van der Waals surface area contributed by atoms with Crippen LogP contribution in [0.3, 0.4) is 0 Å². The zero-order chi connectivity index (χ0) is 19.5. The van der Waals surface area contributed by atoms with Crippen LogP contribution in [0.4, 0.5) is 0 Å². The molecule has 1 unspecified atom stereocenters. The number of hydrogen-bond donors (Lipinski definition) is 1. The van der Waals surface area contributed by atoms with Crippen molar-refractivity contribution in [2.75, 3.05) is 13.1 Å². The minimum Gasteiger partial charge on any atom is -0.322 e. The third-order valence-corrected chi connectivity index (χ3v) is 6.44. The van der Waals surface area contributed by atoms with Gasteiger partial charge in [-0.25, -0.2) is 0 Å². The Labute approximate surface area is 167 Å². The van der Waals surface area contributed by atoms with E-state index in [1.54, 1.807) is 0 Å². The molecular weight excluding hydrogens is 344 g/mol. The first-order valence-corrected chi connectivity index (χ1v) is 10.6. The predicted molar refractivity (Wildman–Crippen MR) is 117 cm³/mol. The van der Waals surface area contributed by atoms with Crippen molar-refractivity contribution in [3.05, 3.63) is 81.6 Å². The maximum atomic E-state index is 12.0. The molecule has 28 heavy (non-hydrogen) atoms. The highest BCUT2D eigenvalue weighted by molar-refractivity contribution is 5.79. The van der Waals surface area contributed by atoms with Crippen molar-refractivity contribution in [1.29, 1.82) is 0 Å². The quantitative estimate of drug-likeness (QED) is 0.674. The summed E-state index contributed by atoms with van der Waals surface area (Å²) in [6, 6.07) is 19.4. The number of likely N-dealkylation sites (tertiary alicyclic amines) is 1. The van der Waals surface area contributed by atoms with Crippen molar-refractivity contribution < 1.29 is 0 Å². The van der Waals surface area contributed by atoms with Crippen molar-refractivity contribution in [2.45, 2.75) is 45.6 Å². The van der Waals surface area contributed by atoms with E-state index in [1.165, 1.54) is 37.1 Å². The summed E-state index contributed by atoms with van der Waals surface area (Å²) in [6.45, 7) is 7.80. The van der Waals surface area contributed by atoms with Crippen LogP contribution in [0.2, 0.25) is 0 Å². The average Bonchev–Trinajstić information content (AvgIpc) is 2.74. The van der Waals surface area contributed by atoms with E-state index in [4.69, 9.17) is 0 Å². The molecule has 3 nitrogen and oxygen atoms in total. The van der Waals surface area contributed by atoms with E-state index in [9.17, 15) is 4.79 Å². The first-order valence-electron chi connectivity index (χ1n) is 10.6. The molecule has 3 heteroatoms. The summed E-state index contributed by atoms with van der Waals surface area (Å²) in [5, 5.41) is 1.15. The van der Waals surface area contributed by atoms with Gasteiger partial charge in [0, 0.05) is 17.6 Å². The molecule has 0 amide bonds. The molecule has 0 aliphatic carbocycles. The number of aromatic nitrogens is 1. The van der Waals surface area contributed by atoms with Crippen LogP contribution in [0.5, 0.6) is 0 Å². The molecule has 1 N–H and O–H groups in total.